The van der Waals surface area contributed by atoms with E-state index in [1.807, 2.05) is 0 Å². The van der Waals surface area contributed by atoms with Gasteiger partial charge in [0.15, 0.2) is 11.6 Å². The second-order valence-electron chi connectivity index (χ2n) is 3.08. The minimum Gasteiger partial charge on any atom is -0.386 e. The fourth-order valence-electron chi connectivity index (χ4n) is 1.29. The van der Waals surface area contributed by atoms with Gasteiger partial charge in [0.2, 0.25) is 0 Å². The molecule has 0 aliphatic heterocycles. The molecule has 1 aromatic rings. The molecule has 90 valence electrons. The lowest BCUT2D eigenvalue weighted by atomic mass is 10.3. The molecule has 0 saturated carbocycles. The summed E-state index contributed by atoms with van der Waals surface area (Å²) in [7, 11) is -3.59. The van der Waals surface area contributed by atoms with Crippen LogP contribution in [0.4, 0.5) is 8.78 Å². The predicted molar refractivity (Wildman–Crippen MR) is 57.2 cm³/mol. The molecule has 1 N–H and O–H groups in total. The number of rotatable bonds is 5. The van der Waals surface area contributed by atoms with Crippen LogP contribution in [0.5, 0.6) is 0 Å². The maximum atomic E-state index is 13.0. The Balaban J connectivity index is 3.05. The highest BCUT2D eigenvalue weighted by atomic mass is 28.4. The molecule has 3 nitrogen and oxygen atoms in total. The number of hydrogen-bond donors (Lipinski definition) is 1. The van der Waals surface area contributed by atoms with E-state index in [4.69, 9.17) is 8.85 Å². The summed E-state index contributed by atoms with van der Waals surface area (Å²) in [6.45, 7) is 3.86. The van der Waals surface area contributed by atoms with Gasteiger partial charge in [-0.05, 0) is 26.0 Å². The molecular weight excluding hydrogens is 234 g/mol. The van der Waals surface area contributed by atoms with Crippen molar-refractivity contribution >= 4 is 14.0 Å². The molecule has 16 heavy (non-hydrogen) atoms. The first-order chi connectivity index (χ1) is 7.53. The molecular formula is C10H14F2O3Si. The molecule has 0 aliphatic carbocycles. The van der Waals surface area contributed by atoms with Crippen LogP contribution in [-0.2, 0) is 8.85 Å². The number of hydrogen-bond acceptors (Lipinski definition) is 3. The number of benzene rings is 1. The fraction of sp³-hybridized carbons (Fsp3) is 0.400. The summed E-state index contributed by atoms with van der Waals surface area (Å²) in [5.74, 6) is -1.99. The minimum atomic E-state index is -3.59. The molecule has 0 fully saturated rings. The van der Waals surface area contributed by atoms with Crippen LogP contribution in [0.3, 0.4) is 0 Å². The van der Waals surface area contributed by atoms with Crippen LogP contribution in [0.2, 0.25) is 0 Å². The highest BCUT2D eigenvalue weighted by Crippen LogP contribution is 2.08. The van der Waals surface area contributed by atoms with Gasteiger partial charge < -0.3 is 13.6 Å². The van der Waals surface area contributed by atoms with E-state index >= 15 is 0 Å². The fourth-order valence-corrected chi connectivity index (χ4v) is 3.09. The van der Waals surface area contributed by atoms with Gasteiger partial charge in [0.05, 0.1) is 0 Å². The lowest BCUT2D eigenvalue weighted by molar-refractivity contribution is 0.124. The van der Waals surface area contributed by atoms with Crippen molar-refractivity contribution in [3.63, 3.8) is 0 Å². The zero-order valence-electron chi connectivity index (χ0n) is 9.17. The van der Waals surface area contributed by atoms with Gasteiger partial charge in [-0.25, -0.2) is 8.78 Å². The largest absolute Gasteiger partial charge is 0.534 e. The van der Waals surface area contributed by atoms with E-state index in [0.29, 0.717) is 0 Å². The van der Waals surface area contributed by atoms with Crippen molar-refractivity contribution in [1.82, 2.24) is 0 Å². The zero-order chi connectivity index (χ0) is 12.2. The van der Waals surface area contributed by atoms with Crippen molar-refractivity contribution in [1.29, 1.82) is 0 Å². The van der Waals surface area contributed by atoms with Gasteiger partial charge in [0.25, 0.3) is 0 Å². The lowest BCUT2D eigenvalue weighted by Crippen LogP contribution is -2.54. The summed E-state index contributed by atoms with van der Waals surface area (Å²) in [6.07, 6.45) is 0. The van der Waals surface area contributed by atoms with Gasteiger partial charge >= 0.3 is 8.80 Å². The van der Waals surface area contributed by atoms with Gasteiger partial charge in [0.1, 0.15) is 0 Å². The van der Waals surface area contributed by atoms with Gasteiger partial charge in [-0.3, -0.25) is 0 Å². The van der Waals surface area contributed by atoms with E-state index in [-0.39, 0.29) is 18.4 Å². The molecule has 1 rings (SSSR count). The molecule has 0 bridgehead atoms. The van der Waals surface area contributed by atoms with E-state index < -0.39 is 20.4 Å². The maximum Gasteiger partial charge on any atom is 0.534 e. The Labute approximate surface area is 94.0 Å². The Morgan fingerprint density at radius 1 is 1.12 bits per heavy atom. The molecule has 1 aromatic carbocycles. The van der Waals surface area contributed by atoms with Crippen LogP contribution in [0.1, 0.15) is 13.8 Å². The van der Waals surface area contributed by atoms with Crippen LogP contribution < -0.4 is 5.19 Å². The summed E-state index contributed by atoms with van der Waals surface area (Å²) in [4.78, 5) is 10.1. The van der Waals surface area contributed by atoms with Crippen molar-refractivity contribution in [2.75, 3.05) is 13.2 Å². The molecule has 0 unspecified atom stereocenters. The van der Waals surface area contributed by atoms with Crippen molar-refractivity contribution < 1.29 is 22.4 Å². The molecule has 0 aromatic heterocycles. The van der Waals surface area contributed by atoms with Gasteiger partial charge in [-0.2, -0.15) is 0 Å². The van der Waals surface area contributed by atoms with Gasteiger partial charge in [-0.1, -0.05) is 6.07 Å². The normalized spacial score (nSPS) is 11.8. The summed E-state index contributed by atoms with van der Waals surface area (Å²) >= 11 is 0. The maximum absolute atomic E-state index is 13.0. The topological polar surface area (TPSA) is 38.7 Å². The van der Waals surface area contributed by atoms with Crippen molar-refractivity contribution in [3.05, 3.63) is 29.8 Å². The van der Waals surface area contributed by atoms with E-state index in [2.05, 4.69) is 0 Å². The molecule has 0 aliphatic rings. The highest BCUT2D eigenvalue weighted by molar-refractivity contribution is 6.74. The van der Waals surface area contributed by atoms with Crippen LogP contribution in [0.25, 0.3) is 0 Å². The molecule has 0 heterocycles. The Hall–Kier alpha value is -0.823. The summed E-state index contributed by atoms with van der Waals surface area (Å²) < 4.78 is 36.0. The quantitative estimate of drug-likeness (QED) is 0.795. The molecule has 6 heteroatoms. The third-order valence-electron chi connectivity index (χ3n) is 1.96. The van der Waals surface area contributed by atoms with Crippen molar-refractivity contribution in [3.8, 4) is 0 Å². The Morgan fingerprint density at radius 3 is 2.12 bits per heavy atom. The van der Waals surface area contributed by atoms with E-state index in [9.17, 15) is 13.6 Å². The average Bonchev–Trinajstić information content (AvgIpc) is 2.22. The molecule has 0 radical (unpaired) electrons. The summed E-state index contributed by atoms with van der Waals surface area (Å²) in [5.41, 5.74) is 0. The first-order valence-electron chi connectivity index (χ1n) is 4.99. The summed E-state index contributed by atoms with van der Waals surface area (Å²) in [5, 5.41) is 0.162. The SMILES string of the molecule is CCO[Si](O)(OCC)c1ccc(F)c(F)c1. The van der Waals surface area contributed by atoms with Crippen LogP contribution in [0, 0.1) is 11.6 Å². The Bertz CT molecular complexity index is 354. The molecule has 0 saturated heterocycles. The zero-order valence-corrected chi connectivity index (χ0v) is 10.2. The smallest absolute Gasteiger partial charge is 0.386 e. The van der Waals surface area contributed by atoms with E-state index in [1.54, 1.807) is 13.8 Å². The Kier molecular flexibility index (Phi) is 4.54. The molecule has 0 amide bonds. The van der Waals surface area contributed by atoms with Crippen molar-refractivity contribution in [2.45, 2.75) is 13.8 Å². The van der Waals surface area contributed by atoms with E-state index in [0.717, 1.165) is 12.1 Å². The van der Waals surface area contributed by atoms with Crippen LogP contribution in [0.15, 0.2) is 18.2 Å². The Morgan fingerprint density at radius 2 is 1.69 bits per heavy atom. The standard InChI is InChI=1S/C10H14F2O3Si/c1-3-14-16(13,15-4-2)8-5-6-9(11)10(12)7-8/h5-7,13H,3-4H2,1-2H3. The summed E-state index contributed by atoms with van der Waals surface area (Å²) in [6, 6.07) is 3.13. The second-order valence-corrected chi connectivity index (χ2v) is 5.40. The lowest BCUT2D eigenvalue weighted by Gasteiger charge is -2.23. The molecule has 0 atom stereocenters. The van der Waals surface area contributed by atoms with Gasteiger partial charge in [-0.15, -0.1) is 0 Å². The third kappa shape index (κ3) is 2.85. The third-order valence-corrected chi connectivity index (χ3v) is 4.36. The monoisotopic (exact) mass is 248 g/mol. The first kappa shape index (κ1) is 13.2. The molecule has 0 spiro atoms. The predicted octanol–water partition coefficient (Wildman–Crippen LogP) is 1.18. The van der Waals surface area contributed by atoms with Crippen LogP contribution >= 0.6 is 0 Å². The second kappa shape index (κ2) is 5.49. The van der Waals surface area contributed by atoms with Crippen molar-refractivity contribution in [2.24, 2.45) is 0 Å². The van der Waals surface area contributed by atoms with Gasteiger partial charge in [0, 0.05) is 18.4 Å². The van der Waals surface area contributed by atoms with E-state index in [1.165, 1.54) is 6.07 Å². The van der Waals surface area contributed by atoms with Crippen LogP contribution in [-0.4, -0.2) is 26.8 Å². The average molecular weight is 248 g/mol. The first-order valence-corrected chi connectivity index (χ1v) is 6.75. The highest BCUT2D eigenvalue weighted by Gasteiger charge is 2.39. The number of halogens is 2. The minimum absolute atomic E-state index is 0.162.